The molecule has 1 aromatic carbocycles. The Labute approximate surface area is 111 Å². The van der Waals surface area contributed by atoms with E-state index < -0.39 is 5.97 Å². The Morgan fingerprint density at radius 1 is 1.11 bits per heavy atom. The lowest BCUT2D eigenvalue weighted by molar-refractivity contribution is -0.115. The van der Waals surface area contributed by atoms with Crippen molar-refractivity contribution < 1.29 is 14.7 Å². The number of thioether (sulfide) groups is 1. The van der Waals surface area contributed by atoms with E-state index in [2.05, 4.69) is 0 Å². The number of carbonyl (C=O) groups excluding carboxylic acids is 1. The summed E-state index contributed by atoms with van der Waals surface area (Å²) in [5.41, 5.74) is 0.214. The average Bonchev–Trinajstić information content (AvgIpc) is 2.40. The van der Waals surface area contributed by atoms with E-state index in [1.54, 1.807) is 24.3 Å². The molecule has 1 aliphatic carbocycles. The molecule has 2 rings (SSSR count). The summed E-state index contributed by atoms with van der Waals surface area (Å²) in [7, 11) is 0. The Kier molecular flexibility index (Phi) is 4.42. The van der Waals surface area contributed by atoms with Crippen molar-refractivity contribution in [3.63, 3.8) is 0 Å². The highest BCUT2D eigenvalue weighted by molar-refractivity contribution is 8.13. The third-order valence-electron chi connectivity index (χ3n) is 3.27. The van der Waals surface area contributed by atoms with Crippen molar-refractivity contribution in [1.29, 1.82) is 0 Å². The molecule has 1 fully saturated rings. The summed E-state index contributed by atoms with van der Waals surface area (Å²) >= 11 is 1.09. The van der Waals surface area contributed by atoms with E-state index in [9.17, 15) is 9.59 Å². The summed E-state index contributed by atoms with van der Waals surface area (Å²) in [4.78, 5) is 23.7. The molecule has 0 heterocycles. The van der Waals surface area contributed by atoms with Crippen molar-refractivity contribution in [1.82, 2.24) is 0 Å². The zero-order valence-electron chi connectivity index (χ0n) is 10.1. The molecule has 1 N–H and O–H groups in total. The van der Waals surface area contributed by atoms with Gasteiger partial charge in [0.25, 0.3) is 0 Å². The van der Waals surface area contributed by atoms with E-state index in [4.69, 9.17) is 5.11 Å². The minimum Gasteiger partial charge on any atom is -0.478 e. The van der Waals surface area contributed by atoms with E-state index in [1.807, 2.05) is 0 Å². The Hall–Kier alpha value is -1.29. The van der Waals surface area contributed by atoms with Crippen molar-refractivity contribution in [3.8, 4) is 0 Å². The van der Waals surface area contributed by atoms with Crippen LogP contribution in [0.2, 0.25) is 0 Å². The standard InChI is InChI=1S/C14H16O3S/c15-13(16)11-8-4-5-9-12(11)18-14(17)10-6-2-1-3-7-10/h4-5,8-10H,1-3,6-7H2,(H,15,16). The summed E-state index contributed by atoms with van der Waals surface area (Å²) in [6.07, 6.45) is 5.32. The molecule has 1 aliphatic rings. The van der Waals surface area contributed by atoms with Gasteiger partial charge in [-0.05, 0) is 25.0 Å². The SMILES string of the molecule is O=C(O)c1ccccc1SC(=O)C1CCCCC1. The van der Waals surface area contributed by atoms with Gasteiger partial charge in [0, 0.05) is 10.8 Å². The number of rotatable bonds is 3. The molecule has 18 heavy (non-hydrogen) atoms. The Morgan fingerprint density at radius 3 is 2.44 bits per heavy atom. The maximum absolute atomic E-state index is 12.1. The summed E-state index contributed by atoms with van der Waals surface area (Å²) in [5, 5.41) is 9.18. The Bertz CT molecular complexity index is 450. The fourth-order valence-corrected chi connectivity index (χ4v) is 3.29. The van der Waals surface area contributed by atoms with E-state index in [-0.39, 0.29) is 16.6 Å². The second-order valence-electron chi connectivity index (χ2n) is 4.56. The zero-order valence-corrected chi connectivity index (χ0v) is 10.9. The molecule has 0 bridgehead atoms. The zero-order chi connectivity index (χ0) is 13.0. The number of benzene rings is 1. The first-order valence-corrected chi connectivity index (χ1v) is 7.04. The third kappa shape index (κ3) is 3.13. The van der Waals surface area contributed by atoms with Gasteiger partial charge in [0.2, 0.25) is 0 Å². The first kappa shape index (κ1) is 13.1. The van der Waals surface area contributed by atoms with Crippen molar-refractivity contribution in [2.24, 2.45) is 5.92 Å². The van der Waals surface area contributed by atoms with Crippen LogP contribution in [0, 0.1) is 5.92 Å². The van der Waals surface area contributed by atoms with E-state index in [0.29, 0.717) is 4.90 Å². The number of aromatic carboxylic acids is 1. The highest BCUT2D eigenvalue weighted by Crippen LogP contribution is 2.32. The predicted molar refractivity (Wildman–Crippen MR) is 70.8 cm³/mol. The molecule has 0 unspecified atom stereocenters. The molecule has 0 radical (unpaired) electrons. The fraction of sp³-hybridized carbons (Fsp3) is 0.429. The summed E-state index contributed by atoms with van der Waals surface area (Å²) in [6.45, 7) is 0. The number of carbonyl (C=O) groups is 2. The summed E-state index contributed by atoms with van der Waals surface area (Å²) < 4.78 is 0. The molecule has 1 aromatic rings. The van der Waals surface area contributed by atoms with Gasteiger partial charge in [-0.15, -0.1) is 0 Å². The van der Waals surface area contributed by atoms with Crippen molar-refractivity contribution in [2.45, 2.75) is 37.0 Å². The smallest absolute Gasteiger partial charge is 0.336 e. The lowest BCUT2D eigenvalue weighted by Crippen LogP contribution is -2.15. The van der Waals surface area contributed by atoms with Gasteiger partial charge in [0.15, 0.2) is 5.12 Å². The molecule has 96 valence electrons. The maximum Gasteiger partial charge on any atom is 0.336 e. The second kappa shape index (κ2) is 6.05. The summed E-state index contributed by atoms with van der Waals surface area (Å²) in [6, 6.07) is 6.69. The van der Waals surface area contributed by atoms with Crippen LogP contribution < -0.4 is 0 Å². The van der Waals surface area contributed by atoms with Crippen molar-refractivity contribution in [2.75, 3.05) is 0 Å². The van der Waals surface area contributed by atoms with Gasteiger partial charge in [-0.3, -0.25) is 4.79 Å². The first-order chi connectivity index (χ1) is 8.68. The van der Waals surface area contributed by atoms with E-state index in [1.165, 1.54) is 6.42 Å². The Morgan fingerprint density at radius 2 is 1.78 bits per heavy atom. The predicted octanol–water partition coefficient (Wildman–Crippen LogP) is 3.58. The average molecular weight is 264 g/mol. The van der Waals surface area contributed by atoms with Gasteiger partial charge in [0.1, 0.15) is 0 Å². The topological polar surface area (TPSA) is 54.4 Å². The number of carboxylic acids is 1. The van der Waals surface area contributed by atoms with Crippen LogP contribution in [0.15, 0.2) is 29.2 Å². The highest BCUT2D eigenvalue weighted by Gasteiger charge is 2.23. The van der Waals surface area contributed by atoms with Gasteiger partial charge in [-0.2, -0.15) is 0 Å². The molecule has 1 saturated carbocycles. The third-order valence-corrected chi connectivity index (χ3v) is 4.38. The van der Waals surface area contributed by atoms with Crippen molar-refractivity contribution in [3.05, 3.63) is 29.8 Å². The molecule has 0 spiro atoms. The first-order valence-electron chi connectivity index (χ1n) is 6.22. The van der Waals surface area contributed by atoms with Crippen LogP contribution in [-0.2, 0) is 4.79 Å². The number of hydrogen-bond acceptors (Lipinski definition) is 3. The van der Waals surface area contributed by atoms with Gasteiger partial charge in [0.05, 0.1) is 5.56 Å². The van der Waals surface area contributed by atoms with E-state index in [0.717, 1.165) is 37.4 Å². The summed E-state index contributed by atoms with van der Waals surface area (Å²) in [5.74, 6) is -0.875. The molecule has 0 amide bonds. The van der Waals surface area contributed by atoms with Crippen LogP contribution >= 0.6 is 11.8 Å². The molecule has 4 heteroatoms. The normalized spacial score (nSPS) is 16.4. The lowest BCUT2D eigenvalue weighted by atomic mass is 9.90. The minimum absolute atomic E-state index is 0.102. The van der Waals surface area contributed by atoms with Crippen LogP contribution in [0.1, 0.15) is 42.5 Å². The van der Waals surface area contributed by atoms with Crippen LogP contribution in [0.3, 0.4) is 0 Å². The van der Waals surface area contributed by atoms with Crippen LogP contribution in [0.25, 0.3) is 0 Å². The molecular weight excluding hydrogens is 248 g/mol. The van der Waals surface area contributed by atoms with Crippen LogP contribution in [0.5, 0.6) is 0 Å². The molecule has 0 aromatic heterocycles. The van der Waals surface area contributed by atoms with Gasteiger partial charge < -0.3 is 5.11 Å². The minimum atomic E-state index is -0.977. The fourth-order valence-electron chi connectivity index (χ4n) is 2.26. The molecule has 0 saturated heterocycles. The number of carboxylic acid groups (broad SMARTS) is 1. The van der Waals surface area contributed by atoms with Gasteiger partial charge >= 0.3 is 5.97 Å². The number of hydrogen-bond donors (Lipinski definition) is 1. The monoisotopic (exact) mass is 264 g/mol. The maximum atomic E-state index is 12.1. The van der Waals surface area contributed by atoms with Crippen LogP contribution in [0.4, 0.5) is 0 Å². The van der Waals surface area contributed by atoms with Crippen LogP contribution in [-0.4, -0.2) is 16.2 Å². The van der Waals surface area contributed by atoms with Gasteiger partial charge in [-0.1, -0.05) is 43.2 Å². The highest BCUT2D eigenvalue weighted by atomic mass is 32.2. The van der Waals surface area contributed by atoms with Crippen molar-refractivity contribution >= 4 is 22.8 Å². The molecule has 0 atom stereocenters. The quantitative estimate of drug-likeness (QED) is 0.848. The lowest BCUT2D eigenvalue weighted by Gasteiger charge is -2.19. The second-order valence-corrected chi connectivity index (χ2v) is 5.60. The molecule has 3 nitrogen and oxygen atoms in total. The Balaban J connectivity index is 2.08. The largest absolute Gasteiger partial charge is 0.478 e. The molecular formula is C14H16O3S. The van der Waals surface area contributed by atoms with Gasteiger partial charge in [-0.25, -0.2) is 4.79 Å². The van der Waals surface area contributed by atoms with E-state index >= 15 is 0 Å². The molecule has 0 aliphatic heterocycles.